The maximum Gasteiger partial charge on any atom is 0.220 e. The summed E-state index contributed by atoms with van der Waals surface area (Å²) < 4.78 is 0. The van der Waals surface area contributed by atoms with Gasteiger partial charge in [-0.05, 0) is 19.3 Å². The van der Waals surface area contributed by atoms with Crippen LogP contribution < -0.4 is 5.32 Å². The lowest BCUT2D eigenvalue weighted by molar-refractivity contribution is -0.121. The number of hydrogen-bond donors (Lipinski definition) is 1. The van der Waals surface area contributed by atoms with E-state index < -0.39 is 0 Å². The molecule has 1 N–H and O–H groups in total. The second-order valence-corrected chi connectivity index (χ2v) is 3.48. The van der Waals surface area contributed by atoms with Crippen molar-refractivity contribution in [2.24, 2.45) is 5.92 Å². The fraction of sp³-hybridized carbons (Fsp3) is 0.727. The lowest BCUT2D eigenvalue weighted by Crippen LogP contribution is -2.26. The van der Waals surface area contributed by atoms with E-state index in [0.29, 0.717) is 12.3 Å². The number of amides is 1. The summed E-state index contributed by atoms with van der Waals surface area (Å²) >= 11 is 0. The zero-order valence-corrected chi connectivity index (χ0v) is 8.81. The SMILES string of the molecule is CC#CCCCC(=O)NCC(C)C. The molecule has 1 amide bonds. The maximum absolute atomic E-state index is 11.2. The van der Waals surface area contributed by atoms with Gasteiger partial charge in [-0.1, -0.05) is 13.8 Å². The summed E-state index contributed by atoms with van der Waals surface area (Å²) in [4.78, 5) is 11.2. The highest BCUT2D eigenvalue weighted by Crippen LogP contribution is 1.94. The Hall–Kier alpha value is -0.970. The van der Waals surface area contributed by atoms with Crippen molar-refractivity contribution in [1.82, 2.24) is 5.32 Å². The number of rotatable bonds is 5. The Labute approximate surface area is 81.1 Å². The predicted octanol–water partition coefficient (Wildman–Crippen LogP) is 1.95. The van der Waals surface area contributed by atoms with Crippen LogP contribution in [0, 0.1) is 17.8 Å². The van der Waals surface area contributed by atoms with Crippen molar-refractivity contribution in [1.29, 1.82) is 0 Å². The zero-order valence-electron chi connectivity index (χ0n) is 8.81. The molecular weight excluding hydrogens is 162 g/mol. The van der Waals surface area contributed by atoms with Gasteiger partial charge in [0.15, 0.2) is 0 Å². The van der Waals surface area contributed by atoms with E-state index in [2.05, 4.69) is 31.0 Å². The van der Waals surface area contributed by atoms with Gasteiger partial charge in [0.05, 0.1) is 0 Å². The second-order valence-electron chi connectivity index (χ2n) is 3.48. The van der Waals surface area contributed by atoms with Crippen LogP contribution >= 0.6 is 0 Å². The summed E-state index contributed by atoms with van der Waals surface area (Å²) in [7, 11) is 0. The Balaban J connectivity index is 3.34. The van der Waals surface area contributed by atoms with Crippen LogP contribution in [0.15, 0.2) is 0 Å². The quantitative estimate of drug-likeness (QED) is 0.510. The molecule has 0 rings (SSSR count). The van der Waals surface area contributed by atoms with E-state index in [-0.39, 0.29) is 5.91 Å². The van der Waals surface area contributed by atoms with Crippen molar-refractivity contribution >= 4 is 5.91 Å². The minimum atomic E-state index is 0.145. The third-order valence-corrected chi connectivity index (χ3v) is 1.59. The number of carbonyl (C=O) groups is 1. The molecule has 0 aromatic carbocycles. The lowest BCUT2D eigenvalue weighted by atomic mass is 10.2. The number of hydrogen-bond acceptors (Lipinski definition) is 1. The van der Waals surface area contributed by atoms with Crippen LogP contribution in [-0.2, 0) is 4.79 Å². The van der Waals surface area contributed by atoms with Crippen LogP contribution in [0.25, 0.3) is 0 Å². The molecule has 0 fully saturated rings. The van der Waals surface area contributed by atoms with Crippen LogP contribution in [-0.4, -0.2) is 12.5 Å². The van der Waals surface area contributed by atoms with Gasteiger partial charge in [0, 0.05) is 19.4 Å². The minimum Gasteiger partial charge on any atom is -0.356 e. The minimum absolute atomic E-state index is 0.145. The van der Waals surface area contributed by atoms with E-state index in [9.17, 15) is 4.79 Å². The fourth-order valence-corrected chi connectivity index (χ4v) is 0.869. The molecule has 0 saturated carbocycles. The zero-order chi connectivity index (χ0) is 10.1. The van der Waals surface area contributed by atoms with E-state index >= 15 is 0 Å². The van der Waals surface area contributed by atoms with Crippen molar-refractivity contribution in [2.45, 2.75) is 40.0 Å². The molecule has 0 spiro atoms. The summed E-state index contributed by atoms with van der Waals surface area (Å²) in [5, 5.41) is 2.87. The molecule has 0 aliphatic heterocycles. The van der Waals surface area contributed by atoms with Gasteiger partial charge in [0.1, 0.15) is 0 Å². The van der Waals surface area contributed by atoms with Crippen LogP contribution in [0.4, 0.5) is 0 Å². The molecule has 0 bridgehead atoms. The van der Waals surface area contributed by atoms with Gasteiger partial charge in [0.2, 0.25) is 5.91 Å². The first-order valence-corrected chi connectivity index (χ1v) is 4.83. The molecule has 0 aliphatic carbocycles. The molecule has 0 unspecified atom stereocenters. The molecule has 74 valence electrons. The van der Waals surface area contributed by atoms with E-state index in [1.54, 1.807) is 0 Å². The number of nitrogens with one attached hydrogen (secondary N) is 1. The average Bonchev–Trinajstić information content (AvgIpc) is 2.09. The van der Waals surface area contributed by atoms with E-state index in [1.807, 2.05) is 6.92 Å². The monoisotopic (exact) mass is 181 g/mol. The maximum atomic E-state index is 11.2. The Morgan fingerprint density at radius 3 is 2.69 bits per heavy atom. The van der Waals surface area contributed by atoms with Crippen LogP contribution in [0.5, 0.6) is 0 Å². The van der Waals surface area contributed by atoms with Gasteiger partial charge < -0.3 is 5.32 Å². The van der Waals surface area contributed by atoms with Crippen molar-refractivity contribution < 1.29 is 4.79 Å². The van der Waals surface area contributed by atoms with E-state index in [4.69, 9.17) is 0 Å². The predicted molar refractivity (Wildman–Crippen MR) is 55.1 cm³/mol. The third-order valence-electron chi connectivity index (χ3n) is 1.59. The van der Waals surface area contributed by atoms with Gasteiger partial charge in [-0.3, -0.25) is 4.79 Å². The Morgan fingerprint density at radius 2 is 2.15 bits per heavy atom. The van der Waals surface area contributed by atoms with Crippen LogP contribution in [0.2, 0.25) is 0 Å². The molecule has 2 nitrogen and oxygen atoms in total. The summed E-state index contributed by atoms with van der Waals surface area (Å²) in [5.41, 5.74) is 0. The second kappa shape index (κ2) is 7.67. The largest absolute Gasteiger partial charge is 0.356 e. The molecule has 0 aliphatic rings. The summed E-state index contributed by atoms with van der Waals surface area (Å²) in [6.45, 7) is 6.77. The normalized spacial score (nSPS) is 9.23. The van der Waals surface area contributed by atoms with Gasteiger partial charge >= 0.3 is 0 Å². The third kappa shape index (κ3) is 8.94. The molecule has 0 saturated heterocycles. The first kappa shape index (κ1) is 12.0. The average molecular weight is 181 g/mol. The highest BCUT2D eigenvalue weighted by Gasteiger charge is 2.00. The fourth-order valence-electron chi connectivity index (χ4n) is 0.869. The van der Waals surface area contributed by atoms with Gasteiger partial charge in [-0.2, -0.15) is 0 Å². The number of carbonyl (C=O) groups excluding carboxylic acids is 1. The summed E-state index contributed by atoms with van der Waals surface area (Å²) in [6, 6.07) is 0. The van der Waals surface area contributed by atoms with Gasteiger partial charge in [-0.25, -0.2) is 0 Å². The standard InChI is InChI=1S/C11H19NO/c1-4-5-6-7-8-11(13)12-9-10(2)3/h10H,6-9H2,1-3H3,(H,12,13). The Kier molecular flexibility index (Phi) is 7.10. The van der Waals surface area contributed by atoms with Crippen molar-refractivity contribution in [3.05, 3.63) is 0 Å². The molecule has 0 heterocycles. The summed E-state index contributed by atoms with van der Waals surface area (Å²) in [5.74, 6) is 6.42. The Morgan fingerprint density at radius 1 is 1.46 bits per heavy atom. The van der Waals surface area contributed by atoms with Gasteiger partial charge in [0.25, 0.3) is 0 Å². The first-order chi connectivity index (χ1) is 6.16. The van der Waals surface area contributed by atoms with Crippen molar-refractivity contribution in [2.75, 3.05) is 6.54 Å². The van der Waals surface area contributed by atoms with Gasteiger partial charge in [-0.15, -0.1) is 11.8 Å². The molecular formula is C11H19NO. The highest BCUT2D eigenvalue weighted by molar-refractivity contribution is 5.75. The molecule has 0 aromatic rings. The molecule has 0 radical (unpaired) electrons. The van der Waals surface area contributed by atoms with Crippen molar-refractivity contribution in [3.8, 4) is 11.8 Å². The molecule has 0 atom stereocenters. The smallest absolute Gasteiger partial charge is 0.220 e. The highest BCUT2D eigenvalue weighted by atomic mass is 16.1. The van der Waals surface area contributed by atoms with E-state index in [0.717, 1.165) is 19.4 Å². The van der Waals surface area contributed by atoms with Crippen LogP contribution in [0.1, 0.15) is 40.0 Å². The molecule has 0 aromatic heterocycles. The topological polar surface area (TPSA) is 29.1 Å². The first-order valence-electron chi connectivity index (χ1n) is 4.83. The Bertz CT molecular complexity index is 198. The molecule has 2 heteroatoms. The van der Waals surface area contributed by atoms with Crippen LogP contribution in [0.3, 0.4) is 0 Å². The molecule has 13 heavy (non-hydrogen) atoms. The van der Waals surface area contributed by atoms with E-state index in [1.165, 1.54) is 0 Å². The lowest BCUT2D eigenvalue weighted by Gasteiger charge is -2.06. The summed E-state index contributed by atoms with van der Waals surface area (Å²) in [6.07, 6.45) is 2.29. The van der Waals surface area contributed by atoms with Crippen molar-refractivity contribution in [3.63, 3.8) is 0 Å². The number of unbranched alkanes of at least 4 members (excludes halogenated alkanes) is 1.